The lowest BCUT2D eigenvalue weighted by atomic mass is 10.2. The Bertz CT molecular complexity index is 801. The van der Waals surface area contributed by atoms with Gasteiger partial charge in [0.2, 0.25) is 11.8 Å². The molecule has 0 heterocycles. The maximum Gasteiger partial charge on any atom is 0.244 e. The number of anilines is 1. The van der Waals surface area contributed by atoms with E-state index in [0.717, 1.165) is 16.9 Å². The van der Waals surface area contributed by atoms with Gasteiger partial charge in [-0.15, -0.1) is 0 Å². The maximum absolute atomic E-state index is 13.7. The minimum atomic E-state index is -0.482. The Morgan fingerprint density at radius 1 is 1.15 bits per heavy atom. The molecule has 2 aromatic carbocycles. The van der Waals surface area contributed by atoms with Crippen LogP contribution in [0.3, 0.4) is 0 Å². The number of amides is 2. The van der Waals surface area contributed by atoms with E-state index in [1.54, 1.807) is 38.3 Å². The number of aryl methyl sites for hydroxylation is 1. The van der Waals surface area contributed by atoms with Gasteiger partial charge in [0.1, 0.15) is 11.6 Å². The Kier molecular flexibility index (Phi) is 6.91. The molecule has 26 heavy (non-hydrogen) atoms. The van der Waals surface area contributed by atoms with Gasteiger partial charge in [-0.3, -0.25) is 9.59 Å². The Labute approximate surface area is 151 Å². The van der Waals surface area contributed by atoms with Crippen molar-refractivity contribution in [2.45, 2.75) is 13.3 Å². The first-order chi connectivity index (χ1) is 12.5. The summed E-state index contributed by atoms with van der Waals surface area (Å²) in [6.07, 6.45) is 3.10. The molecule has 0 saturated heterocycles. The van der Waals surface area contributed by atoms with Crippen molar-refractivity contribution >= 4 is 23.6 Å². The predicted octanol–water partition coefficient (Wildman–Crippen LogP) is 3.30. The molecule has 136 valence electrons. The molecule has 0 aliphatic carbocycles. The normalized spacial score (nSPS) is 10.6. The molecule has 0 radical (unpaired) electrons. The van der Waals surface area contributed by atoms with Gasteiger partial charge in [-0.2, -0.15) is 0 Å². The largest absolute Gasteiger partial charge is 0.497 e. The summed E-state index contributed by atoms with van der Waals surface area (Å²) in [5.74, 6) is -0.422. The third-order valence-electron chi connectivity index (χ3n) is 3.59. The van der Waals surface area contributed by atoms with Crippen LogP contribution in [0.15, 0.2) is 48.5 Å². The minimum absolute atomic E-state index is 0.0510. The summed E-state index contributed by atoms with van der Waals surface area (Å²) in [5.41, 5.74) is 1.76. The van der Waals surface area contributed by atoms with Crippen LogP contribution in [-0.4, -0.2) is 25.5 Å². The van der Waals surface area contributed by atoms with Gasteiger partial charge in [0.05, 0.1) is 12.8 Å². The topological polar surface area (TPSA) is 67.4 Å². The second kappa shape index (κ2) is 9.36. The fraction of sp³-hybridized carbons (Fsp3) is 0.200. The molecular weight excluding hydrogens is 335 g/mol. The van der Waals surface area contributed by atoms with Gasteiger partial charge < -0.3 is 15.4 Å². The van der Waals surface area contributed by atoms with Crippen LogP contribution in [-0.2, 0) is 9.59 Å². The van der Waals surface area contributed by atoms with Gasteiger partial charge in [-0.25, -0.2) is 4.39 Å². The lowest BCUT2D eigenvalue weighted by molar-refractivity contribution is -0.117. The number of ether oxygens (including phenoxy) is 1. The molecule has 6 heteroatoms. The molecule has 2 rings (SSSR count). The summed E-state index contributed by atoms with van der Waals surface area (Å²) in [6.45, 7) is 1.93. The number of hydrogen-bond acceptors (Lipinski definition) is 3. The average molecular weight is 356 g/mol. The summed E-state index contributed by atoms with van der Waals surface area (Å²) >= 11 is 0. The number of carbonyl (C=O) groups is 2. The van der Waals surface area contributed by atoms with Crippen LogP contribution in [0.25, 0.3) is 6.08 Å². The minimum Gasteiger partial charge on any atom is -0.497 e. The number of nitrogens with one attached hydrogen (secondary N) is 2. The van der Waals surface area contributed by atoms with Crippen LogP contribution in [0.1, 0.15) is 17.5 Å². The third kappa shape index (κ3) is 6.05. The monoisotopic (exact) mass is 356 g/mol. The van der Waals surface area contributed by atoms with Gasteiger partial charge in [-0.1, -0.05) is 18.2 Å². The Balaban J connectivity index is 1.74. The Morgan fingerprint density at radius 2 is 1.88 bits per heavy atom. The highest BCUT2D eigenvalue weighted by Crippen LogP contribution is 2.15. The molecule has 0 saturated carbocycles. The third-order valence-corrected chi connectivity index (χ3v) is 3.59. The number of methoxy groups -OCH3 is 1. The summed E-state index contributed by atoms with van der Waals surface area (Å²) < 4.78 is 18.7. The molecule has 2 aromatic rings. The van der Waals surface area contributed by atoms with E-state index in [1.807, 2.05) is 12.1 Å². The van der Waals surface area contributed by atoms with Gasteiger partial charge in [0.25, 0.3) is 0 Å². The van der Waals surface area contributed by atoms with Crippen molar-refractivity contribution in [1.82, 2.24) is 5.32 Å². The number of benzene rings is 2. The highest BCUT2D eigenvalue weighted by atomic mass is 19.1. The van der Waals surface area contributed by atoms with E-state index in [4.69, 9.17) is 4.74 Å². The number of halogens is 1. The smallest absolute Gasteiger partial charge is 0.244 e. The van der Waals surface area contributed by atoms with Crippen molar-refractivity contribution in [2.24, 2.45) is 0 Å². The number of hydrogen-bond donors (Lipinski definition) is 2. The predicted molar refractivity (Wildman–Crippen MR) is 99.4 cm³/mol. The number of rotatable bonds is 7. The van der Waals surface area contributed by atoms with Gasteiger partial charge in [-0.05, 0) is 48.4 Å². The van der Waals surface area contributed by atoms with Crippen molar-refractivity contribution in [2.75, 3.05) is 19.0 Å². The summed E-state index contributed by atoms with van der Waals surface area (Å²) in [7, 11) is 1.58. The van der Waals surface area contributed by atoms with Crippen LogP contribution in [0.2, 0.25) is 0 Å². The molecule has 0 aliphatic rings. The van der Waals surface area contributed by atoms with Crippen LogP contribution in [0.4, 0.5) is 10.1 Å². The quantitative estimate of drug-likeness (QED) is 0.748. The van der Waals surface area contributed by atoms with Crippen molar-refractivity contribution in [3.8, 4) is 5.75 Å². The van der Waals surface area contributed by atoms with Gasteiger partial charge >= 0.3 is 0 Å². The average Bonchev–Trinajstić information content (AvgIpc) is 2.63. The van der Waals surface area contributed by atoms with Crippen LogP contribution in [0, 0.1) is 12.7 Å². The van der Waals surface area contributed by atoms with Gasteiger partial charge in [0.15, 0.2) is 0 Å². The molecule has 0 unspecified atom stereocenters. The van der Waals surface area contributed by atoms with Crippen LogP contribution >= 0.6 is 0 Å². The zero-order valence-corrected chi connectivity index (χ0v) is 14.7. The zero-order chi connectivity index (χ0) is 18.9. The Hall–Kier alpha value is -3.15. The van der Waals surface area contributed by atoms with Crippen molar-refractivity contribution in [3.05, 3.63) is 65.5 Å². The SMILES string of the molecule is COc1ccc(/C=C/C(=O)NCCC(=O)Nc2ccc(C)cc2F)cc1. The van der Waals surface area contributed by atoms with E-state index < -0.39 is 5.82 Å². The van der Waals surface area contributed by atoms with Crippen LogP contribution < -0.4 is 15.4 Å². The molecular formula is C20H21FN2O3. The summed E-state index contributed by atoms with van der Waals surface area (Å²) in [5, 5.41) is 5.10. The Morgan fingerprint density at radius 3 is 2.54 bits per heavy atom. The van der Waals surface area contributed by atoms with E-state index >= 15 is 0 Å². The molecule has 0 atom stereocenters. The molecule has 5 nitrogen and oxygen atoms in total. The van der Waals surface area contributed by atoms with E-state index in [2.05, 4.69) is 10.6 Å². The fourth-order valence-electron chi connectivity index (χ4n) is 2.18. The van der Waals surface area contributed by atoms with Crippen molar-refractivity contribution in [1.29, 1.82) is 0 Å². The highest BCUT2D eigenvalue weighted by Gasteiger charge is 2.07. The number of carbonyl (C=O) groups excluding carboxylic acids is 2. The highest BCUT2D eigenvalue weighted by molar-refractivity contribution is 5.93. The second-order valence-electron chi connectivity index (χ2n) is 5.68. The lowest BCUT2D eigenvalue weighted by Gasteiger charge is -2.07. The first-order valence-electron chi connectivity index (χ1n) is 8.14. The molecule has 2 N–H and O–H groups in total. The molecule has 0 fully saturated rings. The lowest BCUT2D eigenvalue weighted by Crippen LogP contribution is -2.26. The summed E-state index contributed by atoms with van der Waals surface area (Å²) in [4.78, 5) is 23.6. The standard InChI is InChI=1S/C20H21FN2O3/c1-14-3-9-18(17(21)13-14)23-20(25)11-12-22-19(24)10-6-15-4-7-16(26-2)8-5-15/h3-10,13H,11-12H2,1-2H3,(H,22,24)(H,23,25)/b10-6+. The zero-order valence-electron chi connectivity index (χ0n) is 14.7. The fourth-order valence-corrected chi connectivity index (χ4v) is 2.18. The van der Waals surface area contributed by atoms with Crippen molar-refractivity contribution in [3.63, 3.8) is 0 Å². The molecule has 2 amide bonds. The second-order valence-corrected chi connectivity index (χ2v) is 5.68. The maximum atomic E-state index is 13.7. The molecule has 0 spiro atoms. The summed E-state index contributed by atoms with van der Waals surface area (Å²) in [6, 6.07) is 11.8. The van der Waals surface area contributed by atoms with Crippen LogP contribution in [0.5, 0.6) is 5.75 Å². The van der Waals surface area contributed by atoms with Gasteiger partial charge in [0, 0.05) is 19.0 Å². The van der Waals surface area contributed by atoms with Crippen molar-refractivity contribution < 1.29 is 18.7 Å². The first-order valence-corrected chi connectivity index (χ1v) is 8.14. The molecule has 0 aliphatic heterocycles. The van der Waals surface area contributed by atoms with E-state index in [0.29, 0.717) is 0 Å². The molecule has 0 aromatic heterocycles. The van der Waals surface area contributed by atoms with E-state index in [1.165, 1.54) is 18.2 Å². The van der Waals surface area contributed by atoms with E-state index in [9.17, 15) is 14.0 Å². The molecule has 0 bridgehead atoms. The first kappa shape index (κ1) is 19.2. The van der Waals surface area contributed by atoms with E-state index in [-0.39, 0.29) is 30.5 Å².